The second kappa shape index (κ2) is 14.1. The van der Waals surface area contributed by atoms with Gasteiger partial charge in [-0.1, -0.05) is 76.8 Å². The van der Waals surface area contributed by atoms with Crippen LogP contribution in [0, 0.1) is 23.2 Å². The Morgan fingerprint density at radius 3 is 2.29 bits per heavy atom. The molecule has 0 atom stereocenters. The summed E-state index contributed by atoms with van der Waals surface area (Å²) in [6.07, 6.45) is 13.5. The summed E-state index contributed by atoms with van der Waals surface area (Å²) in [6.45, 7) is 6.65. The Hall–Kier alpha value is -2.60. The zero-order valence-electron chi connectivity index (χ0n) is 22.0. The van der Waals surface area contributed by atoms with Gasteiger partial charge in [-0.05, 0) is 92.0 Å². The van der Waals surface area contributed by atoms with Crippen molar-refractivity contribution in [3.05, 3.63) is 64.7 Å². The van der Waals surface area contributed by atoms with Gasteiger partial charge in [-0.25, -0.2) is 0 Å². The van der Waals surface area contributed by atoms with Crippen molar-refractivity contribution in [2.75, 3.05) is 0 Å². The SMILES string of the molecule is CCCCCCCc1ccc(C2CCC(C(=O)Oc3ccc(CCC(C)C)cc3C#N)CC2)cc1. The minimum absolute atomic E-state index is 0.0826. The molecule has 0 aliphatic heterocycles. The van der Waals surface area contributed by atoms with E-state index in [4.69, 9.17) is 4.74 Å². The third kappa shape index (κ3) is 8.53. The maximum Gasteiger partial charge on any atom is 0.314 e. The lowest BCUT2D eigenvalue weighted by molar-refractivity contribution is -0.140. The molecule has 0 bridgehead atoms. The highest BCUT2D eigenvalue weighted by Gasteiger charge is 2.29. The summed E-state index contributed by atoms with van der Waals surface area (Å²) in [4.78, 5) is 12.9. The molecule has 1 aliphatic rings. The van der Waals surface area contributed by atoms with Gasteiger partial charge < -0.3 is 4.74 Å². The average Bonchev–Trinajstić information content (AvgIpc) is 2.88. The van der Waals surface area contributed by atoms with Crippen LogP contribution in [-0.2, 0) is 17.6 Å². The van der Waals surface area contributed by atoms with E-state index in [-0.39, 0.29) is 11.9 Å². The molecule has 0 N–H and O–H groups in total. The minimum Gasteiger partial charge on any atom is -0.425 e. The summed E-state index contributed by atoms with van der Waals surface area (Å²) in [5.74, 6) is 1.27. The standard InChI is InChI=1S/C32H43NO2/c1-4-5-6-7-8-9-25-12-15-27(16-13-25)28-17-19-29(20-18-28)32(34)35-31-21-14-26(11-10-24(2)3)22-30(31)23-33/h12-16,21-22,24,28-29H,4-11,17-20H2,1-3H3. The van der Waals surface area contributed by atoms with Gasteiger partial charge in [-0.2, -0.15) is 5.26 Å². The fourth-order valence-corrected chi connectivity index (χ4v) is 5.11. The second-order valence-electron chi connectivity index (χ2n) is 10.8. The maximum absolute atomic E-state index is 12.9. The number of carbonyl (C=O) groups excluding carboxylic acids is 1. The molecule has 0 saturated heterocycles. The summed E-state index contributed by atoms with van der Waals surface area (Å²) in [7, 11) is 0. The summed E-state index contributed by atoms with van der Waals surface area (Å²) >= 11 is 0. The number of hydrogen-bond acceptors (Lipinski definition) is 3. The van der Waals surface area contributed by atoms with E-state index < -0.39 is 0 Å². The first-order valence-electron chi connectivity index (χ1n) is 13.8. The molecule has 3 heteroatoms. The number of rotatable bonds is 12. The van der Waals surface area contributed by atoms with E-state index in [1.165, 1.54) is 49.7 Å². The molecule has 35 heavy (non-hydrogen) atoms. The number of ether oxygens (including phenoxy) is 1. The van der Waals surface area contributed by atoms with Gasteiger partial charge in [-0.15, -0.1) is 0 Å². The van der Waals surface area contributed by atoms with E-state index >= 15 is 0 Å². The Morgan fingerprint density at radius 1 is 0.943 bits per heavy atom. The fraction of sp³-hybridized carbons (Fsp3) is 0.562. The van der Waals surface area contributed by atoms with E-state index in [9.17, 15) is 10.1 Å². The van der Waals surface area contributed by atoms with Crippen molar-refractivity contribution in [3.8, 4) is 11.8 Å². The zero-order valence-corrected chi connectivity index (χ0v) is 22.0. The van der Waals surface area contributed by atoms with Gasteiger partial charge in [0.25, 0.3) is 0 Å². The van der Waals surface area contributed by atoms with Crippen LogP contribution in [0.3, 0.4) is 0 Å². The number of carbonyl (C=O) groups is 1. The van der Waals surface area contributed by atoms with E-state index in [0.29, 0.717) is 23.1 Å². The van der Waals surface area contributed by atoms with Crippen molar-refractivity contribution in [1.82, 2.24) is 0 Å². The van der Waals surface area contributed by atoms with Crippen LogP contribution in [0.4, 0.5) is 0 Å². The molecule has 1 aliphatic carbocycles. The Bertz CT molecular complexity index is 962. The summed E-state index contributed by atoms with van der Waals surface area (Å²) in [5.41, 5.74) is 4.41. The molecule has 0 radical (unpaired) electrons. The molecule has 2 aromatic rings. The number of unbranched alkanes of at least 4 members (excludes halogenated alkanes) is 4. The lowest BCUT2D eigenvalue weighted by Crippen LogP contribution is -2.25. The lowest BCUT2D eigenvalue weighted by Gasteiger charge is -2.27. The topological polar surface area (TPSA) is 50.1 Å². The predicted molar refractivity (Wildman–Crippen MR) is 144 cm³/mol. The van der Waals surface area contributed by atoms with Crippen LogP contribution in [0.2, 0.25) is 0 Å². The van der Waals surface area contributed by atoms with Crippen LogP contribution in [0.25, 0.3) is 0 Å². The van der Waals surface area contributed by atoms with E-state index in [1.807, 2.05) is 12.1 Å². The molecule has 2 aromatic carbocycles. The fourth-order valence-electron chi connectivity index (χ4n) is 5.11. The minimum atomic E-state index is -0.187. The van der Waals surface area contributed by atoms with Gasteiger partial charge in [-0.3, -0.25) is 4.79 Å². The highest BCUT2D eigenvalue weighted by atomic mass is 16.5. The van der Waals surface area contributed by atoms with Crippen LogP contribution >= 0.6 is 0 Å². The zero-order chi connectivity index (χ0) is 25.0. The van der Waals surface area contributed by atoms with Crippen molar-refractivity contribution in [3.63, 3.8) is 0 Å². The molecule has 3 nitrogen and oxygen atoms in total. The molecule has 0 amide bonds. The average molecular weight is 474 g/mol. The summed E-state index contributed by atoms with van der Waals surface area (Å²) < 4.78 is 5.71. The Labute approximate surface area is 212 Å². The first-order chi connectivity index (χ1) is 17.0. The maximum atomic E-state index is 12.9. The quantitative estimate of drug-likeness (QED) is 0.176. The summed E-state index contributed by atoms with van der Waals surface area (Å²) in [6, 6.07) is 17.0. The number of benzene rings is 2. The molecule has 0 unspecified atom stereocenters. The lowest BCUT2D eigenvalue weighted by atomic mass is 9.78. The van der Waals surface area contributed by atoms with Crippen molar-refractivity contribution >= 4 is 5.97 Å². The van der Waals surface area contributed by atoms with Crippen LogP contribution in [0.1, 0.15) is 113 Å². The molecule has 0 aromatic heterocycles. The molecule has 0 heterocycles. The van der Waals surface area contributed by atoms with Crippen LogP contribution in [-0.4, -0.2) is 5.97 Å². The normalized spacial score (nSPS) is 17.8. The molecular formula is C32H43NO2. The molecule has 188 valence electrons. The number of nitriles is 1. The third-order valence-corrected chi connectivity index (χ3v) is 7.47. The van der Waals surface area contributed by atoms with Crippen molar-refractivity contribution < 1.29 is 9.53 Å². The van der Waals surface area contributed by atoms with E-state index in [1.54, 1.807) is 6.07 Å². The Balaban J connectivity index is 1.47. The van der Waals surface area contributed by atoms with Crippen LogP contribution in [0.5, 0.6) is 5.75 Å². The molecule has 0 spiro atoms. The predicted octanol–water partition coefficient (Wildman–Crippen LogP) is 8.54. The monoisotopic (exact) mass is 473 g/mol. The van der Waals surface area contributed by atoms with Gasteiger partial charge >= 0.3 is 5.97 Å². The molecule has 3 rings (SSSR count). The first kappa shape index (κ1) is 27.0. The number of hydrogen-bond donors (Lipinski definition) is 0. The second-order valence-corrected chi connectivity index (χ2v) is 10.8. The summed E-state index contributed by atoms with van der Waals surface area (Å²) in [5, 5.41) is 9.56. The van der Waals surface area contributed by atoms with Gasteiger partial charge in [0, 0.05) is 0 Å². The largest absolute Gasteiger partial charge is 0.425 e. The Morgan fingerprint density at radius 2 is 1.63 bits per heavy atom. The number of esters is 1. The number of aryl methyl sites for hydroxylation is 2. The van der Waals surface area contributed by atoms with Crippen molar-refractivity contribution in [1.29, 1.82) is 5.26 Å². The van der Waals surface area contributed by atoms with Crippen molar-refractivity contribution in [2.45, 2.75) is 104 Å². The number of nitrogens with zero attached hydrogens (tertiary/aromatic N) is 1. The molecule has 1 saturated carbocycles. The highest BCUT2D eigenvalue weighted by molar-refractivity contribution is 5.76. The van der Waals surface area contributed by atoms with Gasteiger partial charge in [0.2, 0.25) is 0 Å². The van der Waals surface area contributed by atoms with E-state index in [0.717, 1.165) is 44.1 Å². The first-order valence-corrected chi connectivity index (χ1v) is 13.8. The van der Waals surface area contributed by atoms with Crippen LogP contribution in [0.15, 0.2) is 42.5 Å². The van der Waals surface area contributed by atoms with Gasteiger partial charge in [0.15, 0.2) is 0 Å². The highest BCUT2D eigenvalue weighted by Crippen LogP contribution is 2.37. The van der Waals surface area contributed by atoms with Gasteiger partial charge in [0.05, 0.1) is 11.5 Å². The third-order valence-electron chi connectivity index (χ3n) is 7.47. The Kier molecular flexibility index (Phi) is 10.9. The molecular weight excluding hydrogens is 430 g/mol. The van der Waals surface area contributed by atoms with Crippen molar-refractivity contribution in [2.24, 2.45) is 11.8 Å². The van der Waals surface area contributed by atoms with E-state index in [2.05, 4.69) is 51.1 Å². The van der Waals surface area contributed by atoms with Gasteiger partial charge in [0.1, 0.15) is 11.8 Å². The molecule has 1 fully saturated rings. The van der Waals surface area contributed by atoms with Crippen LogP contribution < -0.4 is 4.74 Å². The smallest absolute Gasteiger partial charge is 0.314 e.